The number of urea groups is 1. The van der Waals surface area contributed by atoms with E-state index in [4.69, 9.17) is 0 Å². The smallest absolute Gasteiger partial charge is 0.315 e. The summed E-state index contributed by atoms with van der Waals surface area (Å²) in [5.41, 5.74) is 1.40. The lowest BCUT2D eigenvalue weighted by Crippen LogP contribution is -2.42. The molecule has 1 aromatic rings. The van der Waals surface area contributed by atoms with Gasteiger partial charge in [-0.05, 0) is 37.0 Å². The van der Waals surface area contributed by atoms with Crippen LogP contribution in [0.15, 0.2) is 18.2 Å². The van der Waals surface area contributed by atoms with Gasteiger partial charge in [0.2, 0.25) is 0 Å². The molecule has 0 heterocycles. The maximum atomic E-state index is 13.3. The maximum absolute atomic E-state index is 13.3. The third-order valence-electron chi connectivity index (χ3n) is 3.63. The van der Waals surface area contributed by atoms with E-state index in [-0.39, 0.29) is 11.8 Å². The van der Waals surface area contributed by atoms with Gasteiger partial charge in [0, 0.05) is 12.6 Å². The van der Waals surface area contributed by atoms with Crippen LogP contribution in [0.3, 0.4) is 0 Å². The molecular formula is C15H21FN2O. The molecule has 4 heteroatoms. The number of carbonyl (C=O) groups excluding carboxylic acids is 1. The minimum atomic E-state index is -0.230. The van der Waals surface area contributed by atoms with Crippen molar-refractivity contribution in [2.24, 2.45) is 0 Å². The SMILES string of the molecule is Cc1ccc(CNC(=O)NC2CCCCC2)cc1F. The number of amides is 2. The molecular weight excluding hydrogens is 243 g/mol. The van der Waals surface area contributed by atoms with Crippen LogP contribution in [-0.4, -0.2) is 12.1 Å². The second-order valence-corrected chi connectivity index (χ2v) is 5.25. The number of halogens is 1. The molecule has 2 rings (SSSR count). The first-order chi connectivity index (χ1) is 9.15. The summed E-state index contributed by atoms with van der Waals surface area (Å²) in [4.78, 5) is 11.7. The Bertz CT molecular complexity index is 442. The van der Waals surface area contributed by atoms with Gasteiger partial charge in [0.05, 0.1) is 0 Å². The number of nitrogens with one attached hydrogen (secondary N) is 2. The number of benzene rings is 1. The minimum absolute atomic E-state index is 0.159. The van der Waals surface area contributed by atoms with Gasteiger partial charge in [0.15, 0.2) is 0 Å². The fourth-order valence-electron chi connectivity index (χ4n) is 2.41. The lowest BCUT2D eigenvalue weighted by Gasteiger charge is -2.22. The molecule has 0 aromatic heterocycles. The summed E-state index contributed by atoms with van der Waals surface area (Å²) in [6.07, 6.45) is 5.77. The van der Waals surface area contributed by atoms with Crippen molar-refractivity contribution in [3.8, 4) is 0 Å². The molecule has 1 aliphatic carbocycles. The average Bonchev–Trinajstić information content (AvgIpc) is 2.41. The number of rotatable bonds is 3. The number of hydrogen-bond acceptors (Lipinski definition) is 1. The summed E-state index contributed by atoms with van der Waals surface area (Å²) in [7, 11) is 0. The Kier molecular flexibility index (Phi) is 4.77. The molecule has 1 fully saturated rings. The van der Waals surface area contributed by atoms with Gasteiger partial charge in [0.25, 0.3) is 0 Å². The summed E-state index contributed by atoms with van der Waals surface area (Å²) in [5.74, 6) is -0.230. The zero-order valence-electron chi connectivity index (χ0n) is 11.3. The molecule has 104 valence electrons. The predicted octanol–water partition coefficient (Wildman–Crippen LogP) is 3.27. The maximum Gasteiger partial charge on any atom is 0.315 e. The number of aryl methyl sites for hydroxylation is 1. The van der Waals surface area contributed by atoms with Crippen molar-refractivity contribution in [3.05, 3.63) is 35.1 Å². The molecule has 2 N–H and O–H groups in total. The number of hydrogen-bond donors (Lipinski definition) is 2. The van der Waals surface area contributed by atoms with Crippen molar-refractivity contribution >= 4 is 6.03 Å². The van der Waals surface area contributed by atoms with Crippen LogP contribution in [0.2, 0.25) is 0 Å². The first-order valence-electron chi connectivity index (χ1n) is 6.94. The predicted molar refractivity (Wildman–Crippen MR) is 73.4 cm³/mol. The molecule has 3 nitrogen and oxygen atoms in total. The molecule has 19 heavy (non-hydrogen) atoms. The molecule has 1 aliphatic rings. The van der Waals surface area contributed by atoms with E-state index in [0.29, 0.717) is 18.2 Å². The Morgan fingerprint density at radius 1 is 1.32 bits per heavy atom. The van der Waals surface area contributed by atoms with E-state index in [1.807, 2.05) is 6.07 Å². The van der Waals surface area contributed by atoms with Gasteiger partial charge < -0.3 is 10.6 Å². The van der Waals surface area contributed by atoms with Crippen molar-refractivity contribution in [1.29, 1.82) is 0 Å². The zero-order valence-corrected chi connectivity index (χ0v) is 11.3. The summed E-state index contributed by atoms with van der Waals surface area (Å²) in [5, 5.41) is 5.75. The Balaban J connectivity index is 1.77. The van der Waals surface area contributed by atoms with Gasteiger partial charge in [-0.15, -0.1) is 0 Å². The van der Waals surface area contributed by atoms with Crippen LogP contribution >= 0.6 is 0 Å². The highest BCUT2D eigenvalue weighted by atomic mass is 19.1. The van der Waals surface area contributed by atoms with Crippen LogP contribution in [0.25, 0.3) is 0 Å². The molecule has 0 aliphatic heterocycles. The van der Waals surface area contributed by atoms with Crippen molar-refractivity contribution in [3.63, 3.8) is 0 Å². The molecule has 1 aromatic carbocycles. The number of carbonyl (C=O) groups is 1. The zero-order chi connectivity index (χ0) is 13.7. The first-order valence-corrected chi connectivity index (χ1v) is 6.94. The third-order valence-corrected chi connectivity index (χ3v) is 3.63. The van der Waals surface area contributed by atoms with Crippen LogP contribution in [-0.2, 0) is 6.54 Å². The lowest BCUT2D eigenvalue weighted by molar-refractivity contribution is 0.232. The average molecular weight is 264 g/mol. The Morgan fingerprint density at radius 2 is 2.05 bits per heavy atom. The van der Waals surface area contributed by atoms with Crippen molar-refractivity contribution < 1.29 is 9.18 Å². The molecule has 0 atom stereocenters. The first kappa shape index (κ1) is 13.8. The molecule has 0 bridgehead atoms. The van der Waals surface area contributed by atoms with E-state index in [1.54, 1.807) is 13.0 Å². The highest BCUT2D eigenvalue weighted by Gasteiger charge is 2.15. The quantitative estimate of drug-likeness (QED) is 0.864. The van der Waals surface area contributed by atoms with Crippen LogP contribution in [0.5, 0.6) is 0 Å². The fraction of sp³-hybridized carbons (Fsp3) is 0.533. The van der Waals surface area contributed by atoms with Gasteiger partial charge >= 0.3 is 6.03 Å². The van der Waals surface area contributed by atoms with E-state index in [9.17, 15) is 9.18 Å². The normalized spacial score (nSPS) is 16.1. The summed E-state index contributed by atoms with van der Waals surface area (Å²) in [6, 6.07) is 5.16. The Labute approximate surface area is 113 Å². The van der Waals surface area contributed by atoms with E-state index in [0.717, 1.165) is 18.4 Å². The largest absolute Gasteiger partial charge is 0.335 e. The molecule has 1 saturated carbocycles. The highest BCUT2D eigenvalue weighted by Crippen LogP contribution is 2.17. The molecule has 0 unspecified atom stereocenters. The monoisotopic (exact) mass is 264 g/mol. The van der Waals surface area contributed by atoms with E-state index in [2.05, 4.69) is 10.6 Å². The van der Waals surface area contributed by atoms with Crippen LogP contribution in [0, 0.1) is 12.7 Å². The van der Waals surface area contributed by atoms with Gasteiger partial charge in [-0.1, -0.05) is 31.4 Å². The third kappa shape index (κ3) is 4.23. The van der Waals surface area contributed by atoms with Gasteiger partial charge in [-0.25, -0.2) is 9.18 Å². The van der Waals surface area contributed by atoms with E-state index >= 15 is 0 Å². The topological polar surface area (TPSA) is 41.1 Å². The van der Waals surface area contributed by atoms with Gasteiger partial charge in [0.1, 0.15) is 5.82 Å². The molecule has 0 saturated heterocycles. The standard InChI is InChI=1S/C15H21FN2O/c1-11-7-8-12(9-14(11)16)10-17-15(19)18-13-5-3-2-4-6-13/h7-9,13H,2-6,10H2,1H3,(H2,17,18,19). The van der Waals surface area contributed by atoms with Gasteiger partial charge in [-0.3, -0.25) is 0 Å². The van der Waals surface area contributed by atoms with Crippen molar-refractivity contribution in [1.82, 2.24) is 10.6 Å². The molecule has 2 amide bonds. The fourth-order valence-corrected chi connectivity index (χ4v) is 2.41. The van der Waals surface area contributed by atoms with Crippen LogP contribution < -0.4 is 10.6 Å². The second-order valence-electron chi connectivity index (χ2n) is 5.25. The summed E-state index contributed by atoms with van der Waals surface area (Å²) < 4.78 is 13.3. The molecule has 0 spiro atoms. The van der Waals surface area contributed by atoms with E-state index < -0.39 is 0 Å². The van der Waals surface area contributed by atoms with Crippen LogP contribution in [0.4, 0.5) is 9.18 Å². The highest BCUT2D eigenvalue weighted by molar-refractivity contribution is 5.74. The van der Waals surface area contributed by atoms with E-state index in [1.165, 1.54) is 25.3 Å². The minimum Gasteiger partial charge on any atom is -0.335 e. The Morgan fingerprint density at radius 3 is 2.74 bits per heavy atom. The Hall–Kier alpha value is -1.58. The summed E-state index contributed by atoms with van der Waals surface area (Å²) >= 11 is 0. The van der Waals surface area contributed by atoms with Crippen molar-refractivity contribution in [2.45, 2.75) is 51.6 Å². The summed E-state index contributed by atoms with van der Waals surface area (Å²) in [6.45, 7) is 2.08. The van der Waals surface area contributed by atoms with Gasteiger partial charge in [-0.2, -0.15) is 0 Å². The van der Waals surface area contributed by atoms with Crippen LogP contribution in [0.1, 0.15) is 43.2 Å². The second kappa shape index (κ2) is 6.55. The molecule has 0 radical (unpaired) electrons. The van der Waals surface area contributed by atoms with Crippen molar-refractivity contribution in [2.75, 3.05) is 0 Å². The lowest BCUT2D eigenvalue weighted by atomic mass is 9.96.